The fourth-order valence-corrected chi connectivity index (χ4v) is 13.4. The van der Waals surface area contributed by atoms with Gasteiger partial charge in [0.25, 0.3) is 0 Å². The summed E-state index contributed by atoms with van der Waals surface area (Å²) in [6.07, 6.45) is 0. The Hall–Kier alpha value is 0.217. The summed E-state index contributed by atoms with van der Waals surface area (Å²) in [4.78, 5) is 0. The normalized spacial score (nSPS) is 25.8. The van der Waals surface area contributed by atoms with Gasteiger partial charge in [0.1, 0.15) is 0 Å². The molecule has 0 bridgehead atoms. The summed E-state index contributed by atoms with van der Waals surface area (Å²) in [5.74, 6) is 0. The van der Waals surface area contributed by atoms with E-state index in [1.165, 1.54) is 6.04 Å². The van der Waals surface area contributed by atoms with E-state index < -0.39 is 8.07 Å². The molecule has 0 aliphatic carbocycles. The topological polar surface area (TPSA) is 0 Å². The molecule has 0 atom stereocenters. The molecule has 0 nitrogen and oxygen atoms in total. The molecule has 13 heavy (non-hydrogen) atoms. The second-order valence-electron chi connectivity index (χ2n) is 7.47. The van der Waals surface area contributed by atoms with Crippen LogP contribution in [-0.2, 0) is 0 Å². The van der Waals surface area contributed by atoms with Gasteiger partial charge in [-0.15, -0.1) is 0 Å². The van der Waals surface area contributed by atoms with Crippen LogP contribution in [-0.4, -0.2) is 8.07 Å². The Kier molecular flexibility index (Phi) is 2.10. The average molecular weight is 198 g/mol. The zero-order valence-corrected chi connectivity index (χ0v) is 11.7. The lowest BCUT2D eigenvalue weighted by molar-refractivity contribution is 0.621. The van der Waals surface area contributed by atoms with E-state index in [1.807, 2.05) is 0 Å². The number of hydrogen-bond donors (Lipinski definition) is 0. The second kappa shape index (κ2) is 2.42. The first kappa shape index (κ1) is 11.3. The van der Waals surface area contributed by atoms with E-state index in [9.17, 15) is 0 Å². The number of rotatable bonds is 0. The van der Waals surface area contributed by atoms with Crippen LogP contribution in [0.25, 0.3) is 0 Å². The van der Waals surface area contributed by atoms with Crippen molar-refractivity contribution in [2.75, 3.05) is 0 Å². The van der Waals surface area contributed by atoms with Gasteiger partial charge in [0.2, 0.25) is 0 Å². The molecule has 1 heterocycles. The van der Waals surface area contributed by atoms with Crippen LogP contribution in [0.3, 0.4) is 0 Å². The molecule has 1 saturated heterocycles. The van der Waals surface area contributed by atoms with E-state index in [2.05, 4.69) is 55.4 Å². The minimum atomic E-state index is -1.08. The van der Waals surface area contributed by atoms with Crippen LogP contribution in [0.4, 0.5) is 0 Å². The molecule has 0 unspecified atom stereocenters. The molecule has 0 saturated carbocycles. The highest BCUT2D eigenvalue weighted by Crippen LogP contribution is 2.78. The maximum Gasteiger partial charge on any atom is 0.0700 e. The Bertz CT molecular complexity index is 198. The molecule has 0 aromatic carbocycles. The maximum absolute atomic E-state index is 2.48. The van der Waals surface area contributed by atoms with E-state index in [0.29, 0.717) is 15.1 Å². The third kappa shape index (κ3) is 1.31. The summed E-state index contributed by atoms with van der Waals surface area (Å²) in [6.45, 7) is 19.7. The fourth-order valence-electron chi connectivity index (χ4n) is 4.30. The van der Waals surface area contributed by atoms with Crippen LogP contribution in [0.1, 0.15) is 55.4 Å². The standard InChI is InChI=1S/C12H26Si/c1-10(2,3)13(11(4,5)6)9-12(13,7)8/h9H2,1-8H3. The van der Waals surface area contributed by atoms with E-state index in [0.717, 1.165) is 0 Å². The van der Waals surface area contributed by atoms with Crippen LogP contribution >= 0.6 is 0 Å². The minimum absolute atomic E-state index is 0.564. The fraction of sp³-hybridized carbons (Fsp3) is 1.00. The van der Waals surface area contributed by atoms with Gasteiger partial charge in [-0.3, -0.25) is 0 Å². The smallest absolute Gasteiger partial charge is 0.0625 e. The molecular formula is C12H26Si. The first-order valence-electron chi connectivity index (χ1n) is 5.46. The van der Waals surface area contributed by atoms with Crippen molar-refractivity contribution >= 4 is 8.07 Å². The van der Waals surface area contributed by atoms with Crippen LogP contribution < -0.4 is 0 Å². The molecule has 0 N–H and O–H groups in total. The second-order valence-corrected chi connectivity index (χ2v) is 14.0. The van der Waals surface area contributed by atoms with Gasteiger partial charge in [0.15, 0.2) is 0 Å². The van der Waals surface area contributed by atoms with Crippen LogP contribution in [0.2, 0.25) is 21.2 Å². The van der Waals surface area contributed by atoms with Gasteiger partial charge in [-0.05, 0) is 15.1 Å². The largest absolute Gasteiger partial charge is 0.0700 e. The van der Waals surface area contributed by atoms with Crippen LogP contribution in [0.5, 0.6) is 0 Å². The Morgan fingerprint density at radius 3 is 1.08 bits per heavy atom. The zero-order chi connectivity index (χ0) is 10.7. The van der Waals surface area contributed by atoms with Gasteiger partial charge in [-0.2, -0.15) is 0 Å². The van der Waals surface area contributed by atoms with Crippen molar-refractivity contribution in [3.8, 4) is 0 Å². The van der Waals surface area contributed by atoms with Gasteiger partial charge in [-0.1, -0.05) is 61.4 Å². The molecule has 1 aliphatic heterocycles. The van der Waals surface area contributed by atoms with Gasteiger partial charge in [0.05, 0.1) is 8.07 Å². The summed E-state index contributed by atoms with van der Waals surface area (Å²) in [7, 11) is -1.08. The molecule has 1 aliphatic rings. The highest BCUT2D eigenvalue weighted by atomic mass is 28.3. The first-order valence-corrected chi connectivity index (χ1v) is 7.66. The van der Waals surface area contributed by atoms with Crippen molar-refractivity contribution in [1.29, 1.82) is 0 Å². The molecule has 1 heteroatoms. The van der Waals surface area contributed by atoms with Crippen LogP contribution in [0.15, 0.2) is 0 Å². The predicted octanol–water partition coefficient (Wildman–Crippen LogP) is 4.83. The lowest BCUT2D eigenvalue weighted by atomic mass is 10.2. The van der Waals surface area contributed by atoms with Crippen molar-refractivity contribution in [2.45, 2.75) is 76.5 Å². The van der Waals surface area contributed by atoms with E-state index in [1.54, 1.807) is 0 Å². The highest BCUT2D eigenvalue weighted by Gasteiger charge is 2.73. The summed E-state index contributed by atoms with van der Waals surface area (Å²) in [5.41, 5.74) is 0. The zero-order valence-electron chi connectivity index (χ0n) is 10.7. The van der Waals surface area contributed by atoms with E-state index in [-0.39, 0.29) is 0 Å². The van der Waals surface area contributed by atoms with Crippen molar-refractivity contribution in [1.82, 2.24) is 0 Å². The Morgan fingerprint density at radius 2 is 1.08 bits per heavy atom. The number of hydrogen-bond acceptors (Lipinski definition) is 0. The van der Waals surface area contributed by atoms with Crippen molar-refractivity contribution in [2.24, 2.45) is 0 Å². The molecule has 0 spiro atoms. The maximum atomic E-state index is 2.48. The first-order chi connectivity index (χ1) is 5.46. The summed E-state index contributed by atoms with van der Waals surface area (Å²) >= 11 is 0. The molecule has 0 aromatic rings. The van der Waals surface area contributed by atoms with Gasteiger partial charge < -0.3 is 0 Å². The van der Waals surface area contributed by atoms with Crippen molar-refractivity contribution < 1.29 is 0 Å². The minimum Gasteiger partial charge on any atom is -0.0625 e. The van der Waals surface area contributed by atoms with Gasteiger partial charge in [-0.25, -0.2) is 0 Å². The Labute approximate surface area is 85.1 Å². The molecule has 0 radical (unpaired) electrons. The van der Waals surface area contributed by atoms with E-state index in [4.69, 9.17) is 0 Å². The molecular weight excluding hydrogens is 172 g/mol. The quantitative estimate of drug-likeness (QED) is 0.489. The highest BCUT2D eigenvalue weighted by molar-refractivity contribution is 6.97. The molecule has 1 rings (SSSR count). The van der Waals surface area contributed by atoms with Crippen LogP contribution in [0, 0.1) is 0 Å². The third-order valence-electron chi connectivity index (χ3n) is 4.30. The lowest BCUT2D eigenvalue weighted by Gasteiger charge is -2.43. The van der Waals surface area contributed by atoms with Gasteiger partial charge >= 0.3 is 0 Å². The summed E-state index contributed by atoms with van der Waals surface area (Å²) in [6, 6.07) is 1.52. The third-order valence-corrected chi connectivity index (χ3v) is 12.9. The Balaban J connectivity index is 3.10. The molecule has 0 amide bonds. The van der Waals surface area contributed by atoms with Gasteiger partial charge in [0, 0.05) is 0 Å². The van der Waals surface area contributed by atoms with Crippen molar-refractivity contribution in [3.63, 3.8) is 0 Å². The summed E-state index contributed by atoms with van der Waals surface area (Å²) < 4.78 is 0. The monoisotopic (exact) mass is 198 g/mol. The predicted molar refractivity (Wildman–Crippen MR) is 64.0 cm³/mol. The molecule has 0 aromatic heterocycles. The Morgan fingerprint density at radius 1 is 0.846 bits per heavy atom. The SMILES string of the molecule is CC(C)(C)[Si]1(C(C)(C)C)CC1(C)C. The lowest BCUT2D eigenvalue weighted by Crippen LogP contribution is -2.41. The molecule has 78 valence electrons. The molecule has 1 fully saturated rings. The van der Waals surface area contributed by atoms with E-state index >= 15 is 0 Å². The summed E-state index contributed by atoms with van der Waals surface area (Å²) in [5, 5.41) is 1.80. The average Bonchev–Trinajstić information content (AvgIpc) is 2.30. The van der Waals surface area contributed by atoms with Crippen molar-refractivity contribution in [3.05, 3.63) is 0 Å².